The maximum Gasteiger partial charge on any atom is 0.259 e. The minimum atomic E-state index is -0.198. The second-order valence-corrected chi connectivity index (χ2v) is 12.6. The number of piperazine rings is 1. The number of ether oxygens (including phenoxy) is 2. The Labute approximate surface area is 224 Å². The molecule has 6 aliphatic rings. The molecule has 0 radical (unpaired) electrons. The van der Waals surface area contributed by atoms with Gasteiger partial charge in [0.15, 0.2) is 23.0 Å². The summed E-state index contributed by atoms with van der Waals surface area (Å²) in [7, 11) is 0. The van der Waals surface area contributed by atoms with Gasteiger partial charge >= 0.3 is 0 Å². The summed E-state index contributed by atoms with van der Waals surface area (Å²) in [6, 6.07) is 9.27. The van der Waals surface area contributed by atoms with E-state index in [1.807, 2.05) is 47.6 Å². The van der Waals surface area contributed by atoms with Crippen molar-refractivity contribution >= 4 is 5.91 Å². The molecule has 4 bridgehead atoms. The van der Waals surface area contributed by atoms with Crippen LogP contribution in [0.3, 0.4) is 0 Å². The molecular weight excluding hydrogens is 478 g/mol. The molecule has 1 amide bonds. The van der Waals surface area contributed by atoms with E-state index >= 15 is 0 Å². The molecule has 2 aliphatic heterocycles. The summed E-state index contributed by atoms with van der Waals surface area (Å²) in [5, 5.41) is 0. The van der Waals surface area contributed by atoms with Gasteiger partial charge in [-0.15, -0.1) is 0 Å². The lowest BCUT2D eigenvalue weighted by atomic mass is 9.52. The molecule has 7 heteroatoms. The summed E-state index contributed by atoms with van der Waals surface area (Å²) in [6.45, 7) is 8.00. The predicted octanol–water partition coefficient (Wildman–Crippen LogP) is 4.03. The van der Waals surface area contributed by atoms with Gasteiger partial charge in [-0.05, 0) is 82.3 Å². The molecule has 4 saturated carbocycles. The third-order valence-electron chi connectivity index (χ3n) is 10.2. The Morgan fingerprint density at radius 2 is 1.58 bits per heavy atom. The summed E-state index contributed by atoms with van der Waals surface area (Å²) in [6.07, 6.45) is 8.20. The largest absolute Gasteiger partial charge is 0.486 e. The van der Waals surface area contributed by atoms with Crippen molar-refractivity contribution in [2.45, 2.75) is 70.6 Å². The number of aryl methyl sites for hydroxylation is 1. The van der Waals surface area contributed by atoms with Gasteiger partial charge in [0.25, 0.3) is 5.91 Å². The van der Waals surface area contributed by atoms with Gasteiger partial charge < -0.3 is 18.9 Å². The van der Waals surface area contributed by atoms with E-state index in [1.54, 1.807) is 6.07 Å². The number of fused-ring (bicyclic) bond motifs is 1. The van der Waals surface area contributed by atoms with Crippen LogP contribution in [-0.2, 0) is 6.54 Å². The Balaban J connectivity index is 1.06. The maximum atomic E-state index is 13.8. The number of para-hydroxylation sites is 2. The highest BCUT2D eigenvalue weighted by molar-refractivity contribution is 5.95. The number of nitrogens with zero attached hydrogens (tertiary/aromatic N) is 3. The van der Waals surface area contributed by atoms with Crippen LogP contribution in [-0.4, -0.2) is 64.7 Å². The summed E-state index contributed by atoms with van der Waals surface area (Å²) in [4.78, 5) is 31.5. The molecule has 0 spiro atoms. The fourth-order valence-electron chi connectivity index (χ4n) is 8.81. The standard InChI is InChI=1S/C31H39N3O4/c1-20-11-26(35)29(21(2)34(20)18-25-19-37-27-5-3-4-6-28(27)38-25)30(36)32-7-9-33(10-8-32)31-15-22-12-23(16-31)14-24(13-22)17-31/h3-6,11,22-25H,7-10,12-19H2,1-2H3/t22?,23?,24?,25-,31?/m1/s1. The molecule has 1 saturated heterocycles. The molecular formula is C31H39N3O4. The number of carbonyl (C=O) groups is 1. The first-order valence-corrected chi connectivity index (χ1v) is 14.5. The van der Waals surface area contributed by atoms with Crippen LogP contribution >= 0.6 is 0 Å². The minimum absolute atomic E-state index is 0.127. The predicted molar refractivity (Wildman–Crippen MR) is 145 cm³/mol. The van der Waals surface area contributed by atoms with Gasteiger partial charge in [0, 0.05) is 49.2 Å². The van der Waals surface area contributed by atoms with Crippen molar-refractivity contribution in [2.75, 3.05) is 32.8 Å². The van der Waals surface area contributed by atoms with Crippen LogP contribution in [0.15, 0.2) is 35.1 Å². The molecule has 8 rings (SSSR count). The molecule has 202 valence electrons. The van der Waals surface area contributed by atoms with Crippen molar-refractivity contribution in [1.29, 1.82) is 0 Å². The lowest BCUT2D eigenvalue weighted by molar-refractivity contribution is -0.0987. The topological polar surface area (TPSA) is 64.0 Å². The third kappa shape index (κ3) is 4.05. The van der Waals surface area contributed by atoms with Crippen LogP contribution in [0.25, 0.3) is 0 Å². The van der Waals surface area contributed by atoms with Crippen LogP contribution < -0.4 is 14.9 Å². The van der Waals surface area contributed by atoms with Crippen LogP contribution in [0.4, 0.5) is 0 Å². The van der Waals surface area contributed by atoms with E-state index in [-0.39, 0.29) is 17.4 Å². The highest BCUT2D eigenvalue weighted by Crippen LogP contribution is 2.57. The van der Waals surface area contributed by atoms with Crippen molar-refractivity contribution in [1.82, 2.24) is 14.4 Å². The normalized spacial score (nSPS) is 32.0. The second kappa shape index (κ2) is 9.15. The minimum Gasteiger partial charge on any atom is -0.486 e. The van der Waals surface area contributed by atoms with Crippen molar-refractivity contribution < 1.29 is 14.3 Å². The van der Waals surface area contributed by atoms with Crippen LogP contribution in [0.5, 0.6) is 11.5 Å². The van der Waals surface area contributed by atoms with Gasteiger partial charge in [-0.1, -0.05) is 12.1 Å². The first kappa shape index (κ1) is 24.3. The fraction of sp³-hybridized carbons (Fsp3) is 0.613. The van der Waals surface area contributed by atoms with E-state index in [2.05, 4.69) is 4.90 Å². The summed E-state index contributed by atoms with van der Waals surface area (Å²) < 4.78 is 14.1. The molecule has 2 aromatic rings. The number of aromatic nitrogens is 1. The number of amides is 1. The molecule has 1 aromatic heterocycles. The van der Waals surface area contributed by atoms with Gasteiger partial charge in [-0.2, -0.15) is 0 Å². The maximum absolute atomic E-state index is 13.8. The Hall–Kier alpha value is -2.80. The van der Waals surface area contributed by atoms with Crippen molar-refractivity contribution in [3.63, 3.8) is 0 Å². The molecule has 38 heavy (non-hydrogen) atoms. The van der Waals surface area contributed by atoms with E-state index in [0.717, 1.165) is 48.0 Å². The lowest BCUT2D eigenvalue weighted by Gasteiger charge is -2.61. The highest BCUT2D eigenvalue weighted by atomic mass is 16.6. The third-order valence-corrected chi connectivity index (χ3v) is 10.2. The van der Waals surface area contributed by atoms with Gasteiger partial charge in [0.1, 0.15) is 12.2 Å². The number of pyridine rings is 1. The summed E-state index contributed by atoms with van der Waals surface area (Å²) in [5.74, 6) is 4.11. The van der Waals surface area contributed by atoms with Gasteiger partial charge in [-0.25, -0.2) is 0 Å². The van der Waals surface area contributed by atoms with Crippen molar-refractivity contribution in [2.24, 2.45) is 17.8 Å². The Morgan fingerprint density at radius 1 is 0.947 bits per heavy atom. The quantitative estimate of drug-likeness (QED) is 0.613. The SMILES string of the molecule is Cc1cc(=O)c(C(=O)N2CCN(C34CC5CC(CC(C5)C3)C4)CC2)c(C)n1C[C@@H]1COc2ccccc2O1. The summed E-state index contributed by atoms with van der Waals surface area (Å²) >= 11 is 0. The summed E-state index contributed by atoms with van der Waals surface area (Å²) in [5.41, 5.74) is 2.04. The number of benzene rings is 1. The Bertz CT molecular complexity index is 1270. The van der Waals surface area contributed by atoms with E-state index in [9.17, 15) is 9.59 Å². The molecule has 1 aromatic carbocycles. The van der Waals surface area contributed by atoms with Gasteiger partial charge in [0.05, 0.1) is 6.54 Å². The number of rotatable bonds is 4. The molecule has 0 unspecified atom stereocenters. The van der Waals surface area contributed by atoms with Gasteiger partial charge in [-0.3, -0.25) is 14.5 Å². The fourth-order valence-corrected chi connectivity index (χ4v) is 8.81. The Kier molecular flexibility index (Phi) is 5.84. The lowest BCUT2D eigenvalue weighted by Crippen LogP contribution is -2.64. The zero-order valence-electron chi connectivity index (χ0n) is 22.7. The molecule has 5 fully saturated rings. The average molecular weight is 518 g/mol. The highest BCUT2D eigenvalue weighted by Gasteiger charge is 2.53. The van der Waals surface area contributed by atoms with Gasteiger partial charge in [0.2, 0.25) is 0 Å². The van der Waals surface area contributed by atoms with Crippen molar-refractivity contribution in [3.8, 4) is 11.5 Å². The molecule has 7 nitrogen and oxygen atoms in total. The van der Waals surface area contributed by atoms with E-state index in [4.69, 9.17) is 9.47 Å². The molecule has 1 atom stereocenters. The molecule has 3 heterocycles. The zero-order valence-corrected chi connectivity index (χ0v) is 22.7. The number of hydrogen-bond donors (Lipinski definition) is 0. The number of hydrogen-bond acceptors (Lipinski definition) is 5. The van der Waals surface area contributed by atoms with E-state index in [0.29, 0.717) is 43.0 Å². The number of carbonyl (C=O) groups excluding carboxylic acids is 1. The van der Waals surface area contributed by atoms with E-state index < -0.39 is 0 Å². The monoisotopic (exact) mass is 517 g/mol. The first-order chi connectivity index (χ1) is 18.4. The average Bonchev–Trinajstić information content (AvgIpc) is 2.90. The smallest absolute Gasteiger partial charge is 0.259 e. The molecule has 0 N–H and O–H groups in total. The first-order valence-electron chi connectivity index (χ1n) is 14.5. The zero-order chi connectivity index (χ0) is 26.0. The van der Waals surface area contributed by atoms with E-state index in [1.165, 1.54) is 38.5 Å². The Morgan fingerprint density at radius 3 is 2.24 bits per heavy atom. The molecule has 4 aliphatic carbocycles. The van der Waals surface area contributed by atoms with Crippen LogP contribution in [0.1, 0.15) is 60.3 Å². The van der Waals surface area contributed by atoms with Crippen LogP contribution in [0, 0.1) is 31.6 Å². The van der Waals surface area contributed by atoms with Crippen LogP contribution in [0.2, 0.25) is 0 Å². The van der Waals surface area contributed by atoms with Crippen molar-refractivity contribution in [3.05, 3.63) is 57.5 Å². The second-order valence-electron chi connectivity index (χ2n) is 12.6.